The SMILES string of the molecule is Cc1ccc(N(c2ccc(C)cc2)c2ccc(-c3ccc4c5c(cccc35)Oc3cc(N(c5ccc(C)cc5)c5ccc(C)cc5)c5ccccc5c3-4)c3ccccc23)cc1. The van der Waals surface area contributed by atoms with Crippen LogP contribution in [0.15, 0.2) is 194 Å². The van der Waals surface area contributed by atoms with E-state index in [2.05, 4.69) is 232 Å². The molecule has 0 unspecified atom stereocenters. The van der Waals surface area contributed by atoms with Crippen molar-refractivity contribution in [1.82, 2.24) is 0 Å². The summed E-state index contributed by atoms with van der Waals surface area (Å²) in [5, 5.41) is 7.01. The van der Waals surface area contributed by atoms with Crippen molar-refractivity contribution in [2.45, 2.75) is 27.7 Å². The first-order valence-corrected chi connectivity index (χ1v) is 21.1. The number of benzene rings is 10. The van der Waals surface area contributed by atoms with Crippen molar-refractivity contribution in [1.29, 1.82) is 0 Å². The van der Waals surface area contributed by atoms with Crippen LogP contribution in [0, 0.1) is 27.7 Å². The summed E-state index contributed by atoms with van der Waals surface area (Å²) in [5.41, 5.74) is 16.3. The van der Waals surface area contributed by atoms with Crippen molar-refractivity contribution in [3.05, 3.63) is 216 Å². The third kappa shape index (κ3) is 6.20. The molecule has 1 aliphatic rings. The Morgan fingerprint density at radius 1 is 0.311 bits per heavy atom. The summed E-state index contributed by atoms with van der Waals surface area (Å²) in [5.74, 6) is 1.72. The van der Waals surface area contributed by atoms with Crippen LogP contribution in [0.3, 0.4) is 0 Å². The third-order valence-electron chi connectivity index (χ3n) is 12.3. The molecule has 0 aliphatic carbocycles. The molecule has 11 rings (SSSR count). The topological polar surface area (TPSA) is 15.7 Å². The molecule has 0 saturated carbocycles. The standard InChI is InChI=1S/C58H44N2O/c1-37-16-24-41(25-17-37)59(42-26-18-38(2)19-27-42)53-35-34-46(45-10-5-6-11-48(45)53)47-32-33-52-57-50(47)14-9-15-55(57)61-56-36-54(49-12-7-8-13-51(49)58(52)56)60(43-28-20-39(3)21-29-43)44-30-22-40(4)23-31-44/h5-36H,1-4H3. The molecule has 0 amide bonds. The molecular formula is C58H44N2O. The normalized spacial score (nSPS) is 11.7. The lowest BCUT2D eigenvalue weighted by Gasteiger charge is -2.30. The van der Waals surface area contributed by atoms with Crippen LogP contribution in [-0.2, 0) is 0 Å². The highest BCUT2D eigenvalue weighted by molar-refractivity contribution is 6.19. The van der Waals surface area contributed by atoms with Gasteiger partial charge in [0.15, 0.2) is 0 Å². The summed E-state index contributed by atoms with van der Waals surface area (Å²) in [6.45, 7) is 8.55. The van der Waals surface area contributed by atoms with Crippen molar-refractivity contribution >= 4 is 66.4 Å². The van der Waals surface area contributed by atoms with E-state index in [1.807, 2.05) is 0 Å². The zero-order chi connectivity index (χ0) is 41.2. The van der Waals surface area contributed by atoms with Gasteiger partial charge in [-0.3, -0.25) is 0 Å². The minimum Gasteiger partial charge on any atom is -0.456 e. The molecule has 1 heterocycles. The van der Waals surface area contributed by atoms with Crippen LogP contribution in [-0.4, -0.2) is 0 Å². The van der Waals surface area contributed by atoms with Crippen molar-refractivity contribution < 1.29 is 4.74 Å². The maximum Gasteiger partial charge on any atom is 0.138 e. The Labute approximate surface area is 357 Å². The van der Waals surface area contributed by atoms with Gasteiger partial charge in [0.1, 0.15) is 11.5 Å². The lowest BCUT2D eigenvalue weighted by Crippen LogP contribution is -2.11. The first-order chi connectivity index (χ1) is 29.9. The average molecular weight is 785 g/mol. The maximum absolute atomic E-state index is 7.07. The minimum absolute atomic E-state index is 0.854. The van der Waals surface area contributed by atoms with Gasteiger partial charge < -0.3 is 14.5 Å². The fraction of sp³-hybridized carbons (Fsp3) is 0.0690. The second-order valence-electron chi connectivity index (χ2n) is 16.4. The van der Waals surface area contributed by atoms with E-state index in [9.17, 15) is 0 Å². The zero-order valence-electron chi connectivity index (χ0n) is 34.8. The van der Waals surface area contributed by atoms with Gasteiger partial charge in [-0.15, -0.1) is 0 Å². The highest BCUT2D eigenvalue weighted by atomic mass is 16.5. The molecule has 292 valence electrons. The van der Waals surface area contributed by atoms with Crippen molar-refractivity contribution in [3.63, 3.8) is 0 Å². The summed E-state index contributed by atoms with van der Waals surface area (Å²) >= 11 is 0. The van der Waals surface area contributed by atoms with E-state index in [-0.39, 0.29) is 0 Å². The number of anilines is 6. The third-order valence-corrected chi connectivity index (χ3v) is 12.3. The molecule has 1 aliphatic heterocycles. The Morgan fingerprint density at radius 2 is 0.721 bits per heavy atom. The van der Waals surface area contributed by atoms with E-state index in [1.165, 1.54) is 55.1 Å². The van der Waals surface area contributed by atoms with Gasteiger partial charge in [0.2, 0.25) is 0 Å². The van der Waals surface area contributed by atoms with Gasteiger partial charge in [0.05, 0.1) is 11.4 Å². The van der Waals surface area contributed by atoms with E-state index >= 15 is 0 Å². The predicted molar refractivity (Wildman–Crippen MR) is 258 cm³/mol. The van der Waals surface area contributed by atoms with Crippen molar-refractivity contribution in [3.8, 4) is 33.8 Å². The molecule has 10 aromatic rings. The largest absolute Gasteiger partial charge is 0.456 e. The van der Waals surface area contributed by atoms with E-state index in [0.29, 0.717) is 0 Å². The highest BCUT2D eigenvalue weighted by Crippen LogP contribution is 2.55. The fourth-order valence-electron chi connectivity index (χ4n) is 9.24. The lowest BCUT2D eigenvalue weighted by molar-refractivity contribution is 0.488. The summed E-state index contributed by atoms with van der Waals surface area (Å²) in [6.07, 6.45) is 0. The van der Waals surface area contributed by atoms with E-state index < -0.39 is 0 Å². The number of aryl methyl sites for hydroxylation is 4. The molecule has 0 N–H and O–H groups in total. The van der Waals surface area contributed by atoms with Gasteiger partial charge >= 0.3 is 0 Å². The van der Waals surface area contributed by atoms with Gasteiger partial charge in [-0.05, 0) is 121 Å². The molecule has 10 aromatic carbocycles. The average Bonchev–Trinajstić information content (AvgIpc) is 3.29. The van der Waals surface area contributed by atoms with Crippen LogP contribution in [0.1, 0.15) is 22.3 Å². The summed E-state index contributed by atoms with van der Waals surface area (Å²) < 4.78 is 7.07. The van der Waals surface area contributed by atoms with Crippen LogP contribution in [0.4, 0.5) is 34.1 Å². The predicted octanol–water partition coefficient (Wildman–Crippen LogP) is 16.8. The van der Waals surface area contributed by atoms with E-state index in [0.717, 1.165) is 67.3 Å². The smallest absolute Gasteiger partial charge is 0.138 e. The summed E-state index contributed by atoms with van der Waals surface area (Å²) in [4.78, 5) is 4.74. The first-order valence-electron chi connectivity index (χ1n) is 21.1. The fourth-order valence-corrected chi connectivity index (χ4v) is 9.24. The minimum atomic E-state index is 0.854. The Balaban J connectivity index is 1.09. The van der Waals surface area contributed by atoms with Gasteiger partial charge in [-0.2, -0.15) is 0 Å². The van der Waals surface area contributed by atoms with Crippen molar-refractivity contribution in [2.75, 3.05) is 9.80 Å². The number of nitrogens with zero attached hydrogens (tertiary/aromatic N) is 2. The van der Waals surface area contributed by atoms with Crippen LogP contribution in [0.25, 0.3) is 54.6 Å². The molecule has 0 bridgehead atoms. The number of ether oxygens (including phenoxy) is 1. The molecule has 0 saturated heterocycles. The molecule has 0 aromatic heterocycles. The highest BCUT2D eigenvalue weighted by Gasteiger charge is 2.28. The van der Waals surface area contributed by atoms with Gasteiger partial charge in [0, 0.05) is 50.5 Å². The van der Waals surface area contributed by atoms with Gasteiger partial charge in [-0.25, -0.2) is 0 Å². The van der Waals surface area contributed by atoms with Gasteiger partial charge in [0.25, 0.3) is 0 Å². The molecule has 61 heavy (non-hydrogen) atoms. The van der Waals surface area contributed by atoms with Gasteiger partial charge in [-0.1, -0.05) is 150 Å². The van der Waals surface area contributed by atoms with Crippen LogP contribution in [0.5, 0.6) is 11.5 Å². The number of rotatable bonds is 7. The second kappa shape index (κ2) is 14.6. The molecule has 3 nitrogen and oxygen atoms in total. The number of fused-ring (bicyclic) bond motifs is 5. The van der Waals surface area contributed by atoms with Crippen LogP contribution >= 0.6 is 0 Å². The molecule has 0 fully saturated rings. The number of hydrogen-bond donors (Lipinski definition) is 0. The maximum atomic E-state index is 7.07. The molecule has 0 atom stereocenters. The van der Waals surface area contributed by atoms with Crippen LogP contribution < -0.4 is 14.5 Å². The van der Waals surface area contributed by atoms with E-state index in [4.69, 9.17) is 4.74 Å². The zero-order valence-corrected chi connectivity index (χ0v) is 34.8. The van der Waals surface area contributed by atoms with Crippen LogP contribution in [0.2, 0.25) is 0 Å². The second-order valence-corrected chi connectivity index (χ2v) is 16.4. The number of hydrogen-bond acceptors (Lipinski definition) is 3. The summed E-state index contributed by atoms with van der Waals surface area (Å²) in [6, 6.07) is 70.8. The van der Waals surface area contributed by atoms with Crippen molar-refractivity contribution in [2.24, 2.45) is 0 Å². The lowest BCUT2D eigenvalue weighted by atomic mass is 9.86. The molecule has 0 radical (unpaired) electrons. The Bertz CT molecular complexity index is 3200. The first kappa shape index (κ1) is 36.5. The molecule has 0 spiro atoms. The molecular weight excluding hydrogens is 741 g/mol. The van der Waals surface area contributed by atoms with E-state index in [1.54, 1.807) is 0 Å². The quantitative estimate of drug-likeness (QED) is 0.160. The monoisotopic (exact) mass is 784 g/mol. The summed E-state index contributed by atoms with van der Waals surface area (Å²) in [7, 11) is 0. The Morgan fingerprint density at radius 3 is 1.26 bits per heavy atom. The Kier molecular flexibility index (Phi) is 8.72. The Hall–Kier alpha value is -7.62. The molecule has 3 heteroatoms.